The fourth-order valence-corrected chi connectivity index (χ4v) is 2.59. The van der Waals surface area contributed by atoms with Crippen LogP contribution in [0.3, 0.4) is 0 Å². The number of pyridine rings is 2. The summed E-state index contributed by atoms with van der Waals surface area (Å²) in [6.07, 6.45) is 3.42. The highest BCUT2D eigenvalue weighted by Crippen LogP contribution is 2.30. The van der Waals surface area contributed by atoms with E-state index in [4.69, 9.17) is 10.5 Å². The molecule has 0 radical (unpaired) electrons. The maximum atomic E-state index is 12.0. The number of aromatic nitrogens is 2. The van der Waals surface area contributed by atoms with Crippen LogP contribution in [0.1, 0.15) is 10.4 Å². The molecule has 0 saturated heterocycles. The Labute approximate surface area is 152 Å². The molecule has 6 nitrogen and oxygen atoms in total. The zero-order valence-electron chi connectivity index (χ0n) is 14.9. The first-order valence-corrected chi connectivity index (χ1v) is 8.07. The first kappa shape index (κ1) is 17.4. The predicted molar refractivity (Wildman–Crippen MR) is 102 cm³/mol. The Balaban J connectivity index is 1.95. The number of anilines is 1. The van der Waals surface area contributed by atoms with Crippen LogP contribution < -0.4 is 10.5 Å². The van der Waals surface area contributed by atoms with Crippen LogP contribution in [0.4, 0.5) is 5.82 Å². The lowest BCUT2D eigenvalue weighted by Crippen LogP contribution is -2.21. The summed E-state index contributed by atoms with van der Waals surface area (Å²) in [5.41, 5.74) is 10.2. The third kappa shape index (κ3) is 3.49. The van der Waals surface area contributed by atoms with Gasteiger partial charge in [0.15, 0.2) is 0 Å². The molecule has 0 saturated carbocycles. The van der Waals surface area contributed by atoms with Gasteiger partial charge in [0.2, 0.25) is 5.88 Å². The molecule has 3 aromatic rings. The number of carbonyl (C=O) groups excluding carboxylic acids is 1. The molecule has 0 bridgehead atoms. The minimum atomic E-state index is -0.0306. The second kappa shape index (κ2) is 7.23. The van der Waals surface area contributed by atoms with E-state index in [1.54, 1.807) is 44.6 Å². The van der Waals surface area contributed by atoms with Gasteiger partial charge in [-0.05, 0) is 29.8 Å². The van der Waals surface area contributed by atoms with E-state index in [2.05, 4.69) is 9.97 Å². The van der Waals surface area contributed by atoms with E-state index < -0.39 is 0 Å². The summed E-state index contributed by atoms with van der Waals surface area (Å²) in [7, 11) is 5.04. The first-order valence-electron chi connectivity index (χ1n) is 8.07. The van der Waals surface area contributed by atoms with Gasteiger partial charge in [-0.25, -0.2) is 9.97 Å². The highest BCUT2D eigenvalue weighted by Gasteiger charge is 2.10. The van der Waals surface area contributed by atoms with E-state index in [1.165, 1.54) is 0 Å². The van der Waals surface area contributed by atoms with Crippen molar-refractivity contribution in [3.8, 4) is 28.1 Å². The van der Waals surface area contributed by atoms with Crippen molar-refractivity contribution in [2.75, 3.05) is 26.9 Å². The largest absolute Gasteiger partial charge is 0.481 e. The van der Waals surface area contributed by atoms with Crippen molar-refractivity contribution < 1.29 is 9.53 Å². The molecule has 2 aromatic heterocycles. The molecule has 26 heavy (non-hydrogen) atoms. The molecule has 132 valence electrons. The quantitative estimate of drug-likeness (QED) is 0.783. The topological polar surface area (TPSA) is 81.3 Å². The van der Waals surface area contributed by atoms with Crippen molar-refractivity contribution in [3.05, 3.63) is 60.4 Å². The molecular formula is C20H20N4O2. The molecule has 6 heteroatoms. The first-order chi connectivity index (χ1) is 12.5. The number of nitrogen functional groups attached to an aromatic ring is 1. The molecule has 0 fully saturated rings. The summed E-state index contributed by atoms with van der Waals surface area (Å²) >= 11 is 0. The summed E-state index contributed by atoms with van der Waals surface area (Å²) in [5, 5.41) is 0. The Kier molecular flexibility index (Phi) is 4.84. The van der Waals surface area contributed by atoms with Crippen LogP contribution in [0, 0.1) is 0 Å². The van der Waals surface area contributed by atoms with E-state index in [-0.39, 0.29) is 5.91 Å². The fraction of sp³-hybridized carbons (Fsp3) is 0.150. The Morgan fingerprint density at radius 2 is 1.62 bits per heavy atom. The van der Waals surface area contributed by atoms with Crippen molar-refractivity contribution >= 4 is 11.7 Å². The van der Waals surface area contributed by atoms with Gasteiger partial charge < -0.3 is 15.4 Å². The predicted octanol–water partition coefficient (Wildman–Crippen LogP) is 3.10. The van der Waals surface area contributed by atoms with Crippen molar-refractivity contribution in [1.29, 1.82) is 0 Å². The minimum Gasteiger partial charge on any atom is -0.481 e. The molecule has 0 aliphatic heterocycles. The van der Waals surface area contributed by atoms with Crippen LogP contribution in [0.5, 0.6) is 5.88 Å². The molecule has 0 aliphatic rings. The molecule has 2 N–H and O–H groups in total. The molecule has 1 amide bonds. The van der Waals surface area contributed by atoms with Crippen molar-refractivity contribution in [3.63, 3.8) is 0 Å². The lowest BCUT2D eigenvalue weighted by molar-refractivity contribution is 0.0827. The van der Waals surface area contributed by atoms with Crippen LogP contribution >= 0.6 is 0 Å². The molecule has 0 unspecified atom stereocenters. The van der Waals surface area contributed by atoms with Gasteiger partial charge in [-0.15, -0.1) is 0 Å². The summed E-state index contributed by atoms with van der Waals surface area (Å²) in [6.45, 7) is 0. The Morgan fingerprint density at radius 3 is 2.19 bits per heavy atom. The number of methoxy groups -OCH3 is 1. The van der Waals surface area contributed by atoms with E-state index in [1.807, 2.05) is 36.4 Å². The van der Waals surface area contributed by atoms with Crippen LogP contribution in [0.2, 0.25) is 0 Å². The standard InChI is InChI=1S/C20H20N4O2/c1-24(2)20(25)14-6-4-13(5-7-14)16-10-17(19(21)23-12-16)15-8-9-18(26-3)22-11-15/h4-12H,1-3H3,(H2,21,23). The summed E-state index contributed by atoms with van der Waals surface area (Å²) < 4.78 is 5.09. The number of ether oxygens (including phenoxy) is 1. The van der Waals surface area contributed by atoms with E-state index in [0.29, 0.717) is 17.3 Å². The Bertz CT molecular complexity index is 920. The lowest BCUT2D eigenvalue weighted by Gasteiger charge is -2.11. The average Bonchev–Trinajstić information content (AvgIpc) is 2.68. The maximum Gasteiger partial charge on any atom is 0.253 e. The normalized spacial score (nSPS) is 10.4. The van der Waals surface area contributed by atoms with Crippen LogP contribution in [0.15, 0.2) is 54.9 Å². The lowest BCUT2D eigenvalue weighted by atomic mass is 10.0. The van der Waals surface area contributed by atoms with Crippen LogP contribution in [0.25, 0.3) is 22.3 Å². The summed E-state index contributed by atoms with van der Waals surface area (Å²) in [5.74, 6) is 0.940. The highest BCUT2D eigenvalue weighted by atomic mass is 16.5. The molecule has 1 aromatic carbocycles. The van der Waals surface area contributed by atoms with Crippen molar-refractivity contribution in [2.24, 2.45) is 0 Å². The summed E-state index contributed by atoms with van der Waals surface area (Å²) in [4.78, 5) is 22.1. The minimum absolute atomic E-state index is 0.0306. The van der Waals surface area contributed by atoms with Gasteiger partial charge in [0.05, 0.1) is 7.11 Å². The van der Waals surface area contributed by atoms with Crippen molar-refractivity contribution in [1.82, 2.24) is 14.9 Å². The van der Waals surface area contributed by atoms with Gasteiger partial charge in [-0.3, -0.25) is 4.79 Å². The monoisotopic (exact) mass is 348 g/mol. The fourth-order valence-electron chi connectivity index (χ4n) is 2.59. The molecule has 0 spiro atoms. The van der Waals surface area contributed by atoms with E-state index in [9.17, 15) is 4.79 Å². The van der Waals surface area contributed by atoms with Crippen LogP contribution in [-0.2, 0) is 0 Å². The average molecular weight is 348 g/mol. The number of hydrogen-bond acceptors (Lipinski definition) is 5. The van der Waals surface area contributed by atoms with Gasteiger partial charge in [-0.2, -0.15) is 0 Å². The van der Waals surface area contributed by atoms with Crippen molar-refractivity contribution in [2.45, 2.75) is 0 Å². The highest BCUT2D eigenvalue weighted by molar-refractivity contribution is 5.94. The van der Waals surface area contributed by atoms with Gasteiger partial charge >= 0.3 is 0 Å². The number of amides is 1. The van der Waals surface area contributed by atoms with Crippen LogP contribution in [-0.4, -0.2) is 42.0 Å². The molecule has 3 rings (SSSR count). The molecular weight excluding hydrogens is 328 g/mol. The van der Waals surface area contributed by atoms with Gasteiger partial charge in [-0.1, -0.05) is 12.1 Å². The number of nitrogens with zero attached hydrogens (tertiary/aromatic N) is 3. The second-order valence-electron chi connectivity index (χ2n) is 6.02. The molecule has 0 aliphatic carbocycles. The van der Waals surface area contributed by atoms with Gasteiger partial charge in [0, 0.05) is 54.8 Å². The second-order valence-corrected chi connectivity index (χ2v) is 6.02. The number of hydrogen-bond donors (Lipinski definition) is 1. The van der Waals surface area contributed by atoms with Gasteiger partial charge in [0.1, 0.15) is 5.82 Å². The number of nitrogens with two attached hydrogens (primary N) is 1. The van der Waals surface area contributed by atoms with Gasteiger partial charge in [0.25, 0.3) is 5.91 Å². The Morgan fingerprint density at radius 1 is 0.962 bits per heavy atom. The smallest absolute Gasteiger partial charge is 0.253 e. The number of carbonyl (C=O) groups is 1. The third-order valence-electron chi connectivity index (χ3n) is 4.05. The molecule has 2 heterocycles. The third-order valence-corrected chi connectivity index (χ3v) is 4.05. The zero-order valence-corrected chi connectivity index (χ0v) is 14.9. The maximum absolute atomic E-state index is 12.0. The molecule has 0 atom stereocenters. The number of rotatable bonds is 4. The Hall–Kier alpha value is -3.41. The SMILES string of the molecule is COc1ccc(-c2cc(-c3ccc(C(=O)N(C)C)cc3)cnc2N)cn1. The zero-order chi connectivity index (χ0) is 18.7. The van der Waals surface area contributed by atoms with E-state index in [0.717, 1.165) is 22.3 Å². The summed E-state index contributed by atoms with van der Waals surface area (Å²) in [6, 6.07) is 13.1. The van der Waals surface area contributed by atoms with E-state index >= 15 is 0 Å². The number of benzene rings is 1.